The second-order valence-corrected chi connectivity index (χ2v) is 6.88. The molecule has 0 aromatic heterocycles. The highest BCUT2D eigenvalue weighted by Gasteiger charge is 2.43. The van der Waals surface area contributed by atoms with Gasteiger partial charge in [-0.2, -0.15) is 0 Å². The number of benzene rings is 1. The minimum Gasteiger partial charge on any atom is -0.468 e. The number of methoxy groups -OCH3 is 2. The quantitative estimate of drug-likeness (QED) is 0.476. The van der Waals surface area contributed by atoms with E-state index in [4.69, 9.17) is 9.47 Å². The number of ether oxygens (including phenoxy) is 2. The second-order valence-electron chi connectivity index (χ2n) is 6.88. The summed E-state index contributed by atoms with van der Waals surface area (Å²) in [5, 5.41) is 0. The summed E-state index contributed by atoms with van der Waals surface area (Å²) in [4.78, 5) is 27.4. The summed E-state index contributed by atoms with van der Waals surface area (Å²) in [5.41, 5.74) is 3.20. The average Bonchev–Trinajstić information content (AvgIpc) is 2.70. The fourth-order valence-corrected chi connectivity index (χ4v) is 3.67. The lowest BCUT2D eigenvalue weighted by atomic mass is 9.84. The highest BCUT2D eigenvalue weighted by Crippen LogP contribution is 2.41. The Morgan fingerprint density at radius 2 is 1.67 bits per heavy atom. The number of esters is 2. The van der Waals surface area contributed by atoms with E-state index in [1.165, 1.54) is 19.9 Å². The number of fused-ring (bicyclic) bond motifs is 1. The first kappa shape index (κ1) is 21.0. The molecule has 0 bridgehead atoms. The second kappa shape index (κ2) is 10.1. The fourth-order valence-electron chi connectivity index (χ4n) is 3.67. The van der Waals surface area contributed by atoms with Crippen LogP contribution < -0.4 is 0 Å². The zero-order chi connectivity index (χ0) is 19.8. The van der Waals surface area contributed by atoms with Crippen molar-refractivity contribution in [1.82, 2.24) is 4.90 Å². The number of hydrogen-bond donors (Lipinski definition) is 0. The topological polar surface area (TPSA) is 55.8 Å². The molecule has 5 nitrogen and oxygen atoms in total. The van der Waals surface area contributed by atoms with Crippen molar-refractivity contribution in [2.75, 3.05) is 20.8 Å². The summed E-state index contributed by atoms with van der Waals surface area (Å²) in [6, 6.07) is 7.54. The molecule has 0 spiro atoms. The summed E-state index contributed by atoms with van der Waals surface area (Å²) < 4.78 is 9.97. The fraction of sp³-hybridized carbons (Fsp3) is 0.545. The van der Waals surface area contributed by atoms with Crippen molar-refractivity contribution in [3.05, 3.63) is 41.1 Å². The van der Waals surface area contributed by atoms with Crippen LogP contribution in [0.15, 0.2) is 30.0 Å². The Bertz CT molecular complexity index is 667. The summed E-state index contributed by atoms with van der Waals surface area (Å²) in [7, 11) is 2.63. The molecule has 0 fully saturated rings. The van der Waals surface area contributed by atoms with Crippen molar-refractivity contribution < 1.29 is 19.1 Å². The molecule has 1 unspecified atom stereocenters. The lowest BCUT2D eigenvalue weighted by molar-refractivity contribution is -0.162. The Morgan fingerprint density at radius 1 is 1.04 bits per heavy atom. The van der Waals surface area contributed by atoms with Crippen LogP contribution in [-0.2, 0) is 19.1 Å². The monoisotopic (exact) mass is 373 g/mol. The van der Waals surface area contributed by atoms with E-state index >= 15 is 0 Å². The van der Waals surface area contributed by atoms with Crippen LogP contribution in [0, 0.1) is 5.92 Å². The molecule has 0 N–H and O–H groups in total. The van der Waals surface area contributed by atoms with E-state index in [1.807, 2.05) is 24.3 Å². The lowest BCUT2D eigenvalue weighted by Gasteiger charge is -2.42. The summed E-state index contributed by atoms with van der Waals surface area (Å²) in [5.74, 6) is -2.12. The third-order valence-electron chi connectivity index (χ3n) is 5.11. The van der Waals surface area contributed by atoms with Gasteiger partial charge in [-0.3, -0.25) is 9.59 Å². The van der Waals surface area contributed by atoms with Gasteiger partial charge < -0.3 is 14.4 Å². The van der Waals surface area contributed by atoms with Gasteiger partial charge in [-0.05, 0) is 36.5 Å². The molecule has 5 heteroatoms. The maximum absolute atomic E-state index is 12.6. The molecular formula is C22H31NO4. The molecule has 0 aliphatic carbocycles. The van der Waals surface area contributed by atoms with Crippen LogP contribution >= 0.6 is 0 Å². The highest BCUT2D eigenvalue weighted by molar-refractivity contribution is 5.96. The average molecular weight is 373 g/mol. The normalized spacial score (nSPS) is 16.0. The molecule has 1 aromatic rings. The molecule has 1 heterocycles. The SMILES string of the molecule is CCCCC1=Cc2ccccc2C(C(C(=O)OC)C(=O)OC)N1CCCC. The van der Waals surface area contributed by atoms with Crippen LogP contribution in [-0.4, -0.2) is 37.6 Å². The predicted molar refractivity (Wildman–Crippen MR) is 106 cm³/mol. The molecule has 0 radical (unpaired) electrons. The Kier molecular flexibility index (Phi) is 7.89. The van der Waals surface area contributed by atoms with E-state index in [2.05, 4.69) is 24.8 Å². The van der Waals surface area contributed by atoms with Gasteiger partial charge >= 0.3 is 11.9 Å². The summed E-state index contributed by atoms with van der Waals surface area (Å²) >= 11 is 0. The number of nitrogens with zero attached hydrogens (tertiary/aromatic N) is 1. The van der Waals surface area contributed by atoms with Crippen LogP contribution in [0.25, 0.3) is 6.08 Å². The third-order valence-corrected chi connectivity index (χ3v) is 5.11. The molecule has 1 aliphatic rings. The maximum atomic E-state index is 12.6. The van der Waals surface area contributed by atoms with E-state index < -0.39 is 23.9 Å². The van der Waals surface area contributed by atoms with E-state index in [-0.39, 0.29) is 0 Å². The molecular weight excluding hydrogens is 342 g/mol. The van der Waals surface area contributed by atoms with Gasteiger partial charge in [-0.15, -0.1) is 0 Å². The number of unbranched alkanes of at least 4 members (excludes halogenated alkanes) is 2. The molecule has 0 amide bonds. The van der Waals surface area contributed by atoms with Gasteiger partial charge in [0, 0.05) is 12.2 Å². The number of rotatable bonds is 9. The Balaban J connectivity index is 2.58. The van der Waals surface area contributed by atoms with E-state index in [1.54, 1.807) is 0 Å². The largest absolute Gasteiger partial charge is 0.468 e. The van der Waals surface area contributed by atoms with Crippen molar-refractivity contribution in [2.45, 2.75) is 52.0 Å². The van der Waals surface area contributed by atoms with Gasteiger partial charge in [-0.1, -0.05) is 51.0 Å². The highest BCUT2D eigenvalue weighted by atomic mass is 16.5. The van der Waals surface area contributed by atoms with Gasteiger partial charge in [0.25, 0.3) is 0 Å². The Hall–Kier alpha value is -2.30. The molecule has 1 atom stereocenters. The standard InChI is InChI=1S/C22H31NO4/c1-5-7-12-17-15-16-11-9-10-13-18(16)20(23(17)14-8-6-2)19(21(24)26-3)22(25)27-4/h9-11,13,15,19-20H,5-8,12,14H2,1-4H3. The van der Waals surface area contributed by atoms with Crippen LogP contribution in [0.1, 0.15) is 63.1 Å². The van der Waals surface area contributed by atoms with Gasteiger partial charge in [-0.25, -0.2) is 0 Å². The van der Waals surface area contributed by atoms with Crippen molar-refractivity contribution in [3.8, 4) is 0 Å². The number of hydrogen-bond acceptors (Lipinski definition) is 5. The minimum absolute atomic E-state index is 0.412. The van der Waals surface area contributed by atoms with Gasteiger partial charge in [0.2, 0.25) is 0 Å². The van der Waals surface area contributed by atoms with Crippen LogP contribution in [0.2, 0.25) is 0 Å². The van der Waals surface area contributed by atoms with E-state index in [0.29, 0.717) is 0 Å². The number of carbonyl (C=O) groups is 2. The Labute approximate surface area is 162 Å². The van der Waals surface area contributed by atoms with Gasteiger partial charge in [0.05, 0.1) is 20.3 Å². The van der Waals surface area contributed by atoms with Gasteiger partial charge in [0.15, 0.2) is 5.92 Å². The van der Waals surface area contributed by atoms with Crippen LogP contribution in [0.3, 0.4) is 0 Å². The summed E-state index contributed by atoms with van der Waals surface area (Å²) in [6.07, 6.45) is 7.28. The Morgan fingerprint density at radius 3 is 2.26 bits per heavy atom. The zero-order valence-electron chi connectivity index (χ0n) is 16.9. The lowest BCUT2D eigenvalue weighted by Crippen LogP contribution is -2.43. The molecule has 27 heavy (non-hydrogen) atoms. The van der Waals surface area contributed by atoms with E-state index in [9.17, 15) is 9.59 Å². The number of carbonyl (C=O) groups excluding carboxylic acids is 2. The molecule has 0 saturated heterocycles. The van der Waals surface area contributed by atoms with Crippen molar-refractivity contribution >= 4 is 18.0 Å². The van der Waals surface area contributed by atoms with Gasteiger partial charge in [0.1, 0.15) is 0 Å². The molecule has 1 aliphatic heterocycles. The predicted octanol–water partition coefficient (Wildman–Crippen LogP) is 4.34. The zero-order valence-corrected chi connectivity index (χ0v) is 16.9. The first-order valence-corrected chi connectivity index (χ1v) is 9.80. The number of allylic oxidation sites excluding steroid dienone is 1. The summed E-state index contributed by atoms with van der Waals surface area (Å²) in [6.45, 7) is 5.09. The smallest absolute Gasteiger partial charge is 0.322 e. The van der Waals surface area contributed by atoms with Crippen LogP contribution in [0.5, 0.6) is 0 Å². The first-order chi connectivity index (χ1) is 13.1. The molecule has 1 aromatic carbocycles. The van der Waals surface area contributed by atoms with Crippen molar-refractivity contribution in [1.29, 1.82) is 0 Å². The molecule has 148 valence electrons. The maximum Gasteiger partial charge on any atom is 0.322 e. The van der Waals surface area contributed by atoms with Crippen LogP contribution in [0.4, 0.5) is 0 Å². The molecule has 0 saturated carbocycles. The minimum atomic E-state index is -1.01. The van der Waals surface area contributed by atoms with Crippen molar-refractivity contribution in [2.24, 2.45) is 5.92 Å². The van der Waals surface area contributed by atoms with E-state index in [0.717, 1.165) is 49.8 Å². The third kappa shape index (κ3) is 4.71. The first-order valence-electron chi connectivity index (χ1n) is 9.80. The van der Waals surface area contributed by atoms with Crippen molar-refractivity contribution in [3.63, 3.8) is 0 Å². The molecule has 2 rings (SSSR count).